The van der Waals surface area contributed by atoms with Crippen LogP contribution in [-0.2, 0) is 14.9 Å². The highest BCUT2D eigenvalue weighted by atomic mass is 35.5. The Morgan fingerprint density at radius 3 is 2.36 bits per heavy atom. The van der Waals surface area contributed by atoms with Crippen LogP contribution in [0.5, 0.6) is 5.75 Å². The minimum absolute atomic E-state index is 0.0434. The SMILES string of the molecule is CCOC(=O)c1ccccc1OS(=O)(=O)c1ccc(Cl)cc1. The van der Waals surface area contributed by atoms with E-state index in [1.807, 2.05) is 0 Å². The average molecular weight is 341 g/mol. The number of ether oxygens (including phenoxy) is 1. The summed E-state index contributed by atoms with van der Waals surface area (Å²) in [5.41, 5.74) is 0.0434. The van der Waals surface area contributed by atoms with Crippen LogP contribution in [0.25, 0.3) is 0 Å². The summed E-state index contributed by atoms with van der Waals surface area (Å²) in [6, 6.07) is 11.5. The topological polar surface area (TPSA) is 69.7 Å². The van der Waals surface area contributed by atoms with Crippen LogP contribution >= 0.6 is 11.6 Å². The van der Waals surface area contributed by atoms with Crippen molar-refractivity contribution < 1.29 is 22.1 Å². The lowest BCUT2D eigenvalue weighted by Crippen LogP contribution is -2.13. The summed E-state index contributed by atoms with van der Waals surface area (Å²) in [4.78, 5) is 11.8. The average Bonchev–Trinajstić information content (AvgIpc) is 2.48. The van der Waals surface area contributed by atoms with Gasteiger partial charge in [-0.1, -0.05) is 23.7 Å². The second-order valence-corrected chi connectivity index (χ2v) is 6.19. The first-order chi connectivity index (χ1) is 10.4. The lowest BCUT2D eigenvalue weighted by Gasteiger charge is -2.10. The summed E-state index contributed by atoms with van der Waals surface area (Å²) in [7, 11) is -4.07. The Morgan fingerprint density at radius 1 is 1.09 bits per heavy atom. The molecule has 0 amide bonds. The van der Waals surface area contributed by atoms with Gasteiger partial charge >= 0.3 is 16.1 Å². The summed E-state index contributed by atoms with van der Waals surface area (Å²) in [6.45, 7) is 1.84. The van der Waals surface area contributed by atoms with Crippen LogP contribution in [0.3, 0.4) is 0 Å². The third-order valence-corrected chi connectivity index (χ3v) is 4.18. The fourth-order valence-corrected chi connectivity index (χ4v) is 2.76. The number of carbonyl (C=O) groups is 1. The summed E-state index contributed by atoms with van der Waals surface area (Å²) >= 11 is 5.73. The Kier molecular flexibility index (Phi) is 5.05. The van der Waals surface area contributed by atoms with Gasteiger partial charge in [0.05, 0.1) is 6.61 Å². The van der Waals surface area contributed by atoms with Gasteiger partial charge in [0, 0.05) is 5.02 Å². The predicted octanol–water partition coefficient (Wildman–Crippen LogP) is 3.28. The molecule has 0 aliphatic carbocycles. The van der Waals surface area contributed by atoms with Crippen LogP contribution in [0.4, 0.5) is 0 Å². The van der Waals surface area contributed by atoms with Crippen molar-refractivity contribution in [3.05, 3.63) is 59.1 Å². The Labute approximate surface area is 133 Å². The van der Waals surface area contributed by atoms with Crippen LogP contribution in [0.2, 0.25) is 5.02 Å². The van der Waals surface area contributed by atoms with Crippen LogP contribution in [-0.4, -0.2) is 21.0 Å². The van der Waals surface area contributed by atoms with E-state index in [1.165, 1.54) is 36.4 Å². The van der Waals surface area contributed by atoms with Gasteiger partial charge in [-0.15, -0.1) is 0 Å². The summed E-state index contributed by atoms with van der Waals surface area (Å²) < 4.78 is 34.4. The molecule has 22 heavy (non-hydrogen) atoms. The van der Waals surface area contributed by atoms with E-state index in [-0.39, 0.29) is 22.8 Å². The van der Waals surface area contributed by atoms with Crippen LogP contribution in [0, 0.1) is 0 Å². The van der Waals surface area contributed by atoms with Crippen LogP contribution < -0.4 is 4.18 Å². The van der Waals surface area contributed by atoms with Gasteiger partial charge in [0.2, 0.25) is 0 Å². The predicted molar refractivity (Wildman–Crippen MR) is 81.7 cm³/mol. The van der Waals surface area contributed by atoms with Crippen molar-refractivity contribution in [1.82, 2.24) is 0 Å². The van der Waals surface area contributed by atoms with Crippen molar-refractivity contribution in [2.45, 2.75) is 11.8 Å². The molecular weight excluding hydrogens is 328 g/mol. The Morgan fingerprint density at radius 2 is 1.73 bits per heavy atom. The molecule has 2 aromatic rings. The second kappa shape index (κ2) is 6.81. The molecule has 7 heteroatoms. The number of hydrogen-bond donors (Lipinski definition) is 0. The molecule has 116 valence electrons. The normalized spacial score (nSPS) is 11.0. The highest BCUT2D eigenvalue weighted by molar-refractivity contribution is 7.87. The lowest BCUT2D eigenvalue weighted by molar-refractivity contribution is 0.0524. The van der Waals surface area contributed by atoms with E-state index < -0.39 is 16.1 Å². The lowest BCUT2D eigenvalue weighted by atomic mass is 10.2. The number of esters is 1. The number of carbonyl (C=O) groups excluding carboxylic acids is 1. The van der Waals surface area contributed by atoms with Crippen molar-refractivity contribution in [3.63, 3.8) is 0 Å². The van der Waals surface area contributed by atoms with Gasteiger partial charge in [-0.25, -0.2) is 4.79 Å². The molecule has 0 fully saturated rings. The van der Waals surface area contributed by atoms with Gasteiger partial charge in [0.15, 0.2) is 5.75 Å². The minimum Gasteiger partial charge on any atom is -0.462 e. The van der Waals surface area contributed by atoms with Gasteiger partial charge in [-0.3, -0.25) is 0 Å². The summed E-state index contributed by atoms with van der Waals surface area (Å²) in [6.07, 6.45) is 0. The molecule has 0 aliphatic heterocycles. The van der Waals surface area contributed by atoms with Gasteiger partial charge in [0.25, 0.3) is 0 Å². The fourth-order valence-electron chi connectivity index (χ4n) is 1.68. The van der Waals surface area contributed by atoms with Gasteiger partial charge in [0.1, 0.15) is 10.5 Å². The van der Waals surface area contributed by atoms with E-state index in [1.54, 1.807) is 19.1 Å². The number of halogens is 1. The molecule has 0 N–H and O–H groups in total. The first-order valence-electron chi connectivity index (χ1n) is 6.40. The molecule has 0 unspecified atom stereocenters. The van der Waals surface area contributed by atoms with E-state index in [0.717, 1.165) is 0 Å². The molecule has 0 heterocycles. The van der Waals surface area contributed by atoms with Crippen LogP contribution in [0.1, 0.15) is 17.3 Å². The van der Waals surface area contributed by atoms with Gasteiger partial charge < -0.3 is 8.92 Å². The zero-order valence-electron chi connectivity index (χ0n) is 11.7. The maximum absolute atomic E-state index is 12.2. The van der Waals surface area contributed by atoms with Crippen molar-refractivity contribution in [3.8, 4) is 5.75 Å². The quantitative estimate of drug-likeness (QED) is 0.617. The Bertz CT molecular complexity index is 769. The molecule has 0 bridgehead atoms. The van der Waals surface area contributed by atoms with E-state index in [2.05, 4.69) is 0 Å². The summed E-state index contributed by atoms with van der Waals surface area (Å²) in [5, 5.41) is 0.408. The molecule has 2 aromatic carbocycles. The molecule has 0 radical (unpaired) electrons. The number of para-hydroxylation sites is 1. The molecule has 0 atom stereocenters. The molecule has 0 saturated carbocycles. The zero-order chi connectivity index (χ0) is 16.2. The van der Waals surface area contributed by atoms with Crippen LogP contribution in [0.15, 0.2) is 53.4 Å². The number of hydrogen-bond acceptors (Lipinski definition) is 5. The van der Waals surface area contributed by atoms with Gasteiger partial charge in [-0.2, -0.15) is 8.42 Å². The maximum atomic E-state index is 12.2. The highest BCUT2D eigenvalue weighted by Gasteiger charge is 2.21. The van der Waals surface area contributed by atoms with Gasteiger partial charge in [-0.05, 0) is 43.3 Å². The van der Waals surface area contributed by atoms with E-state index in [9.17, 15) is 13.2 Å². The third-order valence-electron chi connectivity index (χ3n) is 2.68. The Balaban J connectivity index is 2.34. The molecule has 0 aromatic heterocycles. The smallest absolute Gasteiger partial charge is 0.341 e. The molecular formula is C15H13ClO5S. The number of benzene rings is 2. The molecule has 0 saturated heterocycles. The van der Waals surface area contributed by atoms with Crippen molar-refractivity contribution in [2.75, 3.05) is 6.61 Å². The molecule has 2 rings (SSSR count). The minimum atomic E-state index is -4.07. The number of rotatable bonds is 5. The Hall–Kier alpha value is -2.05. The zero-order valence-corrected chi connectivity index (χ0v) is 13.2. The van der Waals surface area contributed by atoms with Crippen molar-refractivity contribution in [2.24, 2.45) is 0 Å². The largest absolute Gasteiger partial charge is 0.462 e. The molecule has 5 nitrogen and oxygen atoms in total. The van der Waals surface area contributed by atoms with E-state index in [4.69, 9.17) is 20.5 Å². The maximum Gasteiger partial charge on any atom is 0.341 e. The standard InChI is InChI=1S/C15H13ClO5S/c1-2-20-15(17)13-5-3-4-6-14(13)21-22(18,19)12-9-7-11(16)8-10-12/h3-10H,2H2,1H3. The monoisotopic (exact) mass is 340 g/mol. The first-order valence-corrected chi connectivity index (χ1v) is 8.19. The van der Waals surface area contributed by atoms with E-state index in [0.29, 0.717) is 5.02 Å². The highest BCUT2D eigenvalue weighted by Crippen LogP contribution is 2.24. The third kappa shape index (κ3) is 3.78. The van der Waals surface area contributed by atoms with E-state index >= 15 is 0 Å². The van der Waals surface area contributed by atoms with Crippen molar-refractivity contribution >= 4 is 27.7 Å². The molecule has 0 spiro atoms. The van der Waals surface area contributed by atoms with Crippen molar-refractivity contribution in [1.29, 1.82) is 0 Å². The second-order valence-electron chi connectivity index (χ2n) is 4.21. The fraction of sp³-hybridized carbons (Fsp3) is 0.133. The molecule has 0 aliphatic rings. The summed E-state index contributed by atoms with van der Waals surface area (Å²) in [5.74, 6) is -0.736. The first kappa shape index (κ1) is 16.3.